The fourth-order valence-corrected chi connectivity index (χ4v) is 1.89. The number of ether oxygens (including phenoxy) is 1. The summed E-state index contributed by atoms with van der Waals surface area (Å²) in [7, 11) is 2.69. The van der Waals surface area contributed by atoms with Crippen molar-refractivity contribution in [1.82, 2.24) is 0 Å². The van der Waals surface area contributed by atoms with Gasteiger partial charge in [0.05, 0.1) is 0 Å². The van der Waals surface area contributed by atoms with Gasteiger partial charge >= 0.3 is 0 Å². The second-order valence-corrected chi connectivity index (χ2v) is 5.06. The number of halogens is 1. The minimum Gasteiger partial charge on any atom is -0.453 e. The average molecular weight is 295 g/mol. The second-order valence-electron chi connectivity index (χ2n) is 3.79. The molecule has 0 aliphatic rings. The van der Waals surface area contributed by atoms with Gasteiger partial charge in [0.1, 0.15) is 11.6 Å². The molecule has 0 saturated heterocycles. The van der Waals surface area contributed by atoms with Crippen LogP contribution in [-0.4, -0.2) is 0 Å². The Morgan fingerprint density at radius 3 is 2.53 bits per heavy atom. The van der Waals surface area contributed by atoms with Crippen molar-refractivity contribution in [3.8, 4) is 17.2 Å². The summed E-state index contributed by atoms with van der Waals surface area (Å²) in [6.07, 6.45) is 0. The van der Waals surface area contributed by atoms with E-state index in [0.717, 1.165) is 5.56 Å². The van der Waals surface area contributed by atoms with Gasteiger partial charge in [0, 0.05) is 0 Å². The first-order valence-electron chi connectivity index (χ1n) is 5.50. The highest BCUT2D eigenvalue weighted by Crippen LogP contribution is 2.34. The minimum atomic E-state index is -0.298. The molecule has 0 N–H and O–H groups in total. The zero-order valence-electron chi connectivity index (χ0n) is 10.2. The quantitative estimate of drug-likeness (QED) is 0.731. The van der Waals surface area contributed by atoms with Crippen LogP contribution in [0.25, 0.3) is 0 Å². The summed E-state index contributed by atoms with van der Waals surface area (Å²) >= 11 is 0. The third-order valence-electron chi connectivity index (χ3n) is 2.33. The summed E-state index contributed by atoms with van der Waals surface area (Å²) in [5.41, 5.74) is 1.05. The first-order chi connectivity index (χ1) is 9.19. The van der Waals surface area contributed by atoms with Gasteiger partial charge in [0.2, 0.25) is 8.60 Å². The lowest BCUT2D eigenvalue weighted by molar-refractivity contribution is 0.456. The molecule has 1 atom stereocenters. The van der Waals surface area contributed by atoms with E-state index in [1.165, 1.54) is 12.1 Å². The Labute approximate surface area is 115 Å². The molecule has 98 valence electrons. The first kappa shape index (κ1) is 13.9. The van der Waals surface area contributed by atoms with Crippen LogP contribution in [0.2, 0.25) is 0 Å². The van der Waals surface area contributed by atoms with Crippen LogP contribution in [0.5, 0.6) is 17.2 Å². The molecule has 2 aromatic rings. The molecule has 0 aliphatic carbocycles. The first-order valence-corrected chi connectivity index (χ1v) is 6.78. The summed E-state index contributed by atoms with van der Waals surface area (Å²) in [6, 6.07) is 11.4. The highest BCUT2D eigenvalue weighted by atomic mass is 31.1. The Kier molecular flexibility index (Phi) is 4.84. The van der Waals surface area contributed by atoms with Crippen LogP contribution in [0.15, 0.2) is 47.0 Å². The lowest BCUT2D eigenvalue weighted by atomic mass is 10.2. The van der Waals surface area contributed by atoms with Crippen molar-refractivity contribution in [3.05, 3.63) is 53.8 Å². The molecule has 6 heteroatoms. The number of nitrogens with zero attached hydrogens (tertiary/aromatic N) is 1. The fraction of sp³-hybridized carbons (Fsp3) is 0.0769. The summed E-state index contributed by atoms with van der Waals surface area (Å²) < 4.78 is 27.7. The van der Waals surface area contributed by atoms with Crippen LogP contribution in [0.1, 0.15) is 5.56 Å². The van der Waals surface area contributed by atoms with E-state index in [1.807, 2.05) is 25.1 Å². The van der Waals surface area contributed by atoms with E-state index in [1.54, 1.807) is 12.1 Å². The van der Waals surface area contributed by atoms with E-state index in [4.69, 9.17) is 9.26 Å². The Morgan fingerprint density at radius 1 is 1.11 bits per heavy atom. The van der Waals surface area contributed by atoms with Crippen LogP contribution in [0.3, 0.4) is 0 Å². The van der Waals surface area contributed by atoms with Crippen LogP contribution in [0, 0.1) is 12.7 Å². The lowest BCUT2D eigenvalue weighted by Crippen LogP contribution is -1.88. The van der Waals surface area contributed by atoms with Gasteiger partial charge in [-0.15, -0.1) is 0 Å². The molecule has 0 aliphatic heterocycles. The van der Waals surface area contributed by atoms with Crippen molar-refractivity contribution in [2.45, 2.75) is 6.92 Å². The minimum absolute atomic E-state index is 0.298. The topological polar surface area (TPSA) is 30.8 Å². The summed E-state index contributed by atoms with van der Waals surface area (Å²) in [4.78, 5) is 0. The predicted octanol–water partition coefficient (Wildman–Crippen LogP) is 5.14. The number of aryl methyl sites for hydroxylation is 1. The zero-order chi connectivity index (χ0) is 13.7. The predicted molar refractivity (Wildman–Crippen MR) is 77.3 cm³/mol. The van der Waals surface area contributed by atoms with Crippen molar-refractivity contribution in [3.63, 3.8) is 0 Å². The Morgan fingerprint density at radius 2 is 1.84 bits per heavy atom. The van der Waals surface area contributed by atoms with Crippen molar-refractivity contribution >= 4 is 18.0 Å². The smallest absolute Gasteiger partial charge is 0.245 e. The third kappa shape index (κ3) is 3.99. The Hall–Kier alpha value is -1.50. The maximum atomic E-state index is 12.8. The van der Waals surface area contributed by atoms with Crippen LogP contribution >= 0.6 is 18.0 Å². The molecular weight excluding hydrogens is 283 g/mol. The van der Waals surface area contributed by atoms with Crippen LogP contribution in [0.4, 0.5) is 4.39 Å². The molecule has 3 nitrogen and oxygen atoms in total. The number of rotatable bonds is 4. The average Bonchev–Trinajstić information content (AvgIpc) is 2.40. The molecule has 1 unspecified atom stereocenters. The second kappa shape index (κ2) is 6.60. The number of benzene rings is 2. The van der Waals surface area contributed by atoms with Gasteiger partial charge in [-0.25, -0.2) is 8.91 Å². The van der Waals surface area contributed by atoms with Crippen molar-refractivity contribution in [2.24, 2.45) is 4.52 Å². The lowest BCUT2D eigenvalue weighted by Gasteiger charge is -2.10. The molecule has 2 rings (SSSR count). The molecular formula is C13H12FNO2P2. The maximum absolute atomic E-state index is 12.8. The Bertz CT molecular complexity index is 588. The molecule has 0 bridgehead atoms. The van der Waals surface area contributed by atoms with E-state index >= 15 is 0 Å². The summed E-state index contributed by atoms with van der Waals surface area (Å²) in [6.45, 7) is 1.96. The van der Waals surface area contributed by atoms with E-state index < -0.39 is 0 Å². The molecule has 0 heterocycles. The van der Waals surface area contributed by atoms with Crippen LogP contribution < -0.4 is 9.26 Å². The van der Waals surface area contributed by atoms with Crippen molar-refractivity contribution < 1.29 is 13.7 Å². The highest BCUT2D eigenvalue weighted by molar-refractivity contribution is 7.31. The standard InChI is InChI=1S/C13H12FNO2P2/c1-9-2-7-12(17-19-15-18)13(8-9)16-11-5-3-10(14)4-6-11/h2-8H,18H2,1H3. The van der Waals surface area contributed by atoms with Gasteiger partial charge in [-0.05, 0) is 58.3 Å². The van der Waals surface area contributed by atoms with Gasteiger partial charge in [0.25, 0.3) is 0 Å². The molecule has 0 radical (unpaired) electrons. The van der Waals surface area contributed by atoms with Crippen molar-refractivity contribution in [2.75, 3.05) is 0 Å². The Balaban J connectivity index is 2.26. The number of hydrogen-bond donors (Lipinski definition) is 0. The molecule has 0 saturated carbocycles. The van der Waals surface area contributed by atoms with Crippen LogP contribution in [-0.2, 0) is 0 Å². The highest BCUT2D eigenvalue weighted by Gasteiger charge is 2.07. The largest absolute Gasteiger partial charge is 0.453 e. The van der Waals surface area contributed by atoms with E-state index in [0.29, 0.717) is 25.8 Å². The molecule has 0 amide bonds. The van der Waals surface area contributed by atoms with E-state index in [9.17, 15) is 4.39 Å². The summed E-state index contributed by atoms with van der Waals surface area (Å²) in [5, 5.41) is 0. The SMILES string of the molecule is Cc1ccc(OP=NP)c(Oc2ccc(F)cc2)c1. The monoisotopic (exact) mass is 295 g/mol. The van der Waals surface area contributed by atoms with Gasteiger partial charge in [-0.1, -0.05) is 6.07 Å². The van der Waals surface area contributed by atoms with E-state index in [2.05, 4.69) is 13.9 Å². The van der Waals surface area contributed by atoms with Gasteiger partial charge in [0.15, 0.2) is 11.5 Å². The molecule has 0 spiro atoms. The molecule has 2 aromatic carbocycles. The van der Waals surface area contributed by atoms with Gasteiger partial charge < -0.3 is 9.26 Å². The fourth-order valence-electron chi connectivity index (χ4n) is 1.47. The molecule has 0 aromatic heterocycles. The van der Waals surface area contributed by atoms with Gasteiger partial charge in [-0.2, -0.15) is 0 Å². The van der Waals surface area contributed by atoms with Crippen molar-refractivity contribution in [1.29, 1.82) is 0 Å². The molecule has 19 heavy (non-hydrogen) atoms. The number of hydrogen-bond acceptors (Lipinski definition) is 3. The summed E-state index contributed by atoms with van der Waals surface area (Å²) in [5.74, 6) is 1.42. The zero-order valence-corrected chi connectivity index (χ0v) is 12.3. The normalized spacial score (nSPS) is 10.7. The third-order valence-corrected chi connectivity index (χ3v) is 2.98. The van der Waals surface area contributed by atoms with Gasteiger partial charge in [-0.3, -0.25) is 0 Å². The van der Waals surface area contributed by atoms with E-state index in [-0.39, 0.29) is 5.82 Å². The maximum Gasteiger partial charge on any atom is 0.245 e. The molecule has 0 fully saturated rings.